The van der Waals surface area contributed by atoms with E-state index in [0.717, 1.165) is 83.5 Å². The normalized spacial score (nSPS) is 13.5. The number of alkyl halides is 3. The first-order valence-electron chi connectivity index (χ1n) is 14.8. The van der Waals surface area contributed by atoms with Crippen molar-refractivity contribution in [2.24, 2.45) is 5.92 Å². The minimum Gasteiger partial charge on any atom is -0.497 e. The number of hydrogen-bond donors (Lipinski definition) is 4. The van der Waals surface area contributed by atoms with E-state index in [2.05, 4.69) is 20.3 Å². The minimum atomic E-state index is -5.08. The molecular weight excluding hydrogens is 589 g/mol. The number of carbonyl (C=O) groups is 3. The van der Waals surface area contributed by atoms with Crippen LogP contribution in [0.4, 0.5) is 13.2 Å². The van der Waals surface area contributed by atoms with Crippen LogP contribution in [-0.2, 0) is 20.8 Å². The van der Waals surface area contributed by atoms with Crippen molar-refractivity contribution in [3.63, 3.8) is 0 Å². The fourth-order valence-corrected chi connectivity index (χ4v) is 5.11. The largest absolute Gasteiger partial charge is 0.497 e. The van der Waals surface area contributed by atoms with Crippen molar-refractivity contribution in [3.05, 3.63) is 71.8 Å². The molecule has 2 aromatic heterocycles. The predicted octanol–water partition coefficient (Wildman–Crippen LogP) is 6.84. The van der Waals surface area contributed by atoms with Crippen molar-refractivity contribution in [2.75, 3.05) is 7.11 Å². The molecule has 4 N–H and O–H groups in total. The third kappa shape index (κ3) is 9.44. The summed E-state index contributed by atoms with van der Waals surface area (Å²) in [5, 5.41) is 11.4. The molecule has 0 bridgehead atoms. The molecule has 0 spiro atoms. The number of imidazole rings is 1. The number of nitrogens with zero attached hydrogens (tertiary/aromatic N) is 1. The summed E-state index contributed by atoms with van der Waals surface area (Å²) < 4.78 is 37.1. The Morgan fingerprint density at radius 2 is 1.78 bits per heavy atom. The van der Waals surface area contributed by atoms with Crippen molar-refractivity contribution < 1.29 is 37.4 Å². The van der Waals surface area contributed by atoms with Crippen LogP contribution >= 0.6 is 0 Å². The van der Waals surface area contributed by atoms with Crippen LogP contribution < -0.4 is 10.1 Å². The Kier molecular flexibility index (Phi) is 11.0. The van der Waals surface area contributed by atoms with Crippen molar-refractivity contribution in [1.82, 2.24) is 20.3 Å². The number of amides is 1. The number of nitrogens with one attached hydrogen (secondary N) is 3. The number of H-pyrrole nitrogens is 2. The molecule has 12 heteroatoms. The van der Waals surface area contributed by atoms with E-state index in [1.165, 1.54) is 0 Å². The summed E-state index contributed by atoms with van der Waals surface area (Å²) in [6, 6.07) is 15.7. The van der Waals surface area contributed by atoms with Crippen molar-refractivity contribution in [2.45, 2.75) is 70.5 Å². The van der Waals surface area contributed by atoms with E-state index >= 15 is 0 Å². The monoisotopic (exact) mass is 626 g/mol. The van der Waals surface area contributed by atoms with E-state index in [-0.39, 0.29) is 18.4 Å². The number of carboxylic acids is 1. The number of Topliss-reactive ketones (excluding diaryl/α,β-unsaturated/α-hetero) is 1. The zero-order valence-electron chi connectivity index (χ0n) is 25.2. The Morgan fingerprint density at radius 3 is 2.42 bits per heavy atom. The number of rotatable bonds is 13. The third-order valence-corrected chi connectivity index (χ3v) is 7.70. The number of hydrogen-bond acceptors (Lipinski definition) is 5. The second kappa shape index (κ2) is 14.9. The van der Waals surface area contributed by atoms with E-state index in [1.807, 2.05) is 61.7 Å². The maximum absolute atomic E-state index is 13.3. The fourth-order valence-electron chi connectivity index (χ4n) is 5.11. The van der Waals surface area contributed by atoms with Gasteiger partial charge in [-0.2, -0.15) is 13.2 Å². The van der Waals surface area contributed by atoms with Crippen LogP contribution in [-0.4, -0.2) is 51.0 Å². The van der Waals surface area contributed by atoms with Crippen LogP contribution in [0.25, 0.3) is 22.2 Å². The van der Waals surface area contributed by atoms with Crippen LogP contribution in [0.15, 0.2) is 54.7 Å². The SMILES string of the molecule is COc1ccc2[nH]c(C)c(CC(=O)N[C@@H](CCCCCC(=O)C3CC3)c3ncc(-c4ccccc4)[nH]3)c2c1.O=C(O)C(F)(F)F. The zero-order chi connectivity index (χ0) is 32.6. The van der Waals surface area contributed by atoms with Gasteiger partial charge in [-0.05, 0) is 61.9 Å². The molecule has 1 saturated carbocycles. The number of aromatic amines is 2. The van der Waals surface area contributed by atoms with Gasteiger partial charge in [-0.15, -0.1) is 0 Å². The van der Waals surface area contributed by atoms with Gasteiger partial charge in [0.1, 0.15) is 17.4 Å². The molecule has 2 aromatic carbocycles. The number of benzene rings is 2. The molecule has 1 fully saturated rings. The highest BCUT2D eigenvalue weighted by Crippen LogP contribution is 2.32. The molecule has 45 heavy (non-hydrogen) atoms. The van der Waals surface area contributed by atoms with Gasteiger partial charge in [0.2, 0.25) is 5.91 Å². The number of carboxylic acid groups (broad SMARTS) is 1. The van der Waals surface area contributed by atoms with Gasteiger partial charge in [-0.1, -0.05) is 43.2 Å². The molecule has 1 aliphatic carbocycles. The molecule has 0 radical (unpaired) electrons. The average Bonchev–Trinajstić information content (AvgIpc) is 3.67. The second-order valence-electron chi connectivity index (χ2n) is 11.1. The van der Waals surface area contributed by atoms with Crippen molar-refractivity contribution in [1.29, 1.82) is 0 Å². The summed E-state index contributed by atoms with van der Waals surface area (Å²) in [7, 11) is 1.65. The van der Waals surface area contributed by atoms with E-state index < -0.39 is 12.1 Å². The Hall–Kier alpha value is -4.61. The standard InChI is InChI=1S/C31H36N4O3.C2HF3O2/c1-20-24(25-17-23(38-2)15-16-26(25)33-20)18-30(37)34-27(11-7-4-8-12-29(36)22-13-14-22)31-32-19-28(35-31)21-9-5-3-6-10-21;3-2(4,5)1(6)7/h3,5-6,9-10,15-17,19,22,27,33H,4,7-8,11-14,18H2,1-2H3,(H,32,35)(H,34,37);(H,6,7)/t27-;/m0./s1. The first-order valence-corrected chi connectivity index (χ1v) is 14.8. The fraction of sp³-hybridized carbons (Fsp3) is 0.394. The zero-order valence-corrected chi connectivity index (χ0v) is 25.2. The number of unbranched alkanes of at least 4 members (excludes halogenated alkanes) is 2. The van der Waals surface area contributed by atoms with Crippen LogP contribution in [0, 0.1) is 12.8 Å². The smallest absolute Gasteiger partial charge is 0.490 e. The predicted molar refractivity (Wildman–Crippen MR) is 163 cm³/mol. The number of carbonyl (C=O) groups excluding carboxylic acids is 2. The van der Waals surface area contributed by atoms with E-state index in [0.29, 0.717) is 18.1 Å². The van der Waals surface area contributed by atoms with Crippen LogP contribution in [0.1, 0.15) is 68.1 Å². The Labute approximate surface area is 258 Å². The Morgan fingerprint density at radius 1 is 1.07 bits per heavy atom. The summed E-state index contributed by atoms with van der Waals surface area (Å²) in [5.41, 5.74) is 4.91. The molecule has 0 aliphatic heterocycles. The lowest BCUT2D eigenvalue weighted by Gasteiger charge is -2.17. The molecule has 0 saturated heterocycles. The highest BCUT2D eigenvalue weighted by molar-refractivity contribution is 5.91. The third-order valence-electron chi connectivity index (χ3n) is 7.70. The van der Waals surface area contributed by atoms with Crippen LogP contribution in [0.5, 0.6) is 5.75 Å². The molecule has 1 atom stereocenters. The van der Waals surface area contributed by atoms with Gasteiger partial charge < -0.3 is 25.1 Å². The summed E-state index contributed by atoms with van der Waals surface area (Å²) in [4.78, 5) is 45.7. The molecule has 2 heterocycles. The van der Waals surface area contributed by atoms with Gasteiger partial charge in [-0.3, -0.25) is 9.59 Å². The maximum Gasteiger partial charge on any atom is 0.490 e. The highest BCUT2D eigenvalue weighted by atomic mass is 19.4. The van der Waals surface area contributed by atoms with Crippen LogP contribution in [0.2, 0.25) is 0 Å². The molecular formula is C33H37F3N4O5. The number of ketones is 1. The van der Waals surface area contributed by atoms with Gasteiger partial charge in [0.05, 0.1) is 31.5 Å². The minimum absolute atomic E-state index is 0.0524. The number of methoxy groups -OCH3 is 1. The number of aryl methyl sites for hydroxylation is 1. The first kappa shape index (κ1) is 33.3. The molecule has 0 unspecified atom stereocenters. The topological polar surface area (TPSA) is 137 Å². The van der Waals surface area contributed by atoms with Gasteiger partial charge in [0.15, 0.2) is 0 Å². The summed E-state index contributed by atoms with van der Waals surface area (Å²) >= 11 is 0. The van der Waals surface area contributed by atoms with Gasteiger partial charge >= 0.3 is 12.1 Å². The molecule has 1 amide bonds. The lowest BCUT2D eigenvalue weighted by Crippen LogP contribution is -2.30. The first-order chi connectivity index (χ1) is 21.5. The number of halogens is 3. The second-order valence-corrected chi connectivity index (χ2v) is 11.1. The lowest BCUT2D eigenvalue weighted by molar-refractivity contribution is -0.192. The van der Waals surface area contributed by atoms with Gasteiger partial charge in [0, 0.05) is 28.9 Å². The number of fused-ring (bicyclic) bond motifs is 1. The Balaban J connectivity index is 0.000000591. The molecule has 1 aliphatic rings. The summed E-state index contributed by atoms with van der Waals surface area (Å²) in [6.45, 7) is 1.99. The van der Waals surface area contributed by atoms with Crippen LogP contribution in [0.3, 0.4) is 0 Å². The lowest BCUT2D eigenvalue weighted by atomic mass is 10.0. The average molecular weight is 627 g/mol. The van der Waals surface area contributed by atoms with Crippen molar-refractivity contribution in [3.8, 4) is 17.0 Å². The Bertz CT molecular complexity index is 1610. The quantitative estimate of drug-likeness (QED) is 0.120. The van der Waals surface area contributed by atoms with Gasteiger partial charge in [-0.25, -0.2) is 9.78 Å². The number of aliphatic carboxylic acids is 1. The van der Waals surface area contributed by atoms with Crippen molar-refractivity contribution >= 4 is 28.6 Å². The van der Waals surface area contributed by atoms with E-state index in [4.69, 9.17) is 14.6 Å². The molecule has 9 nitrogen and oxygen atoms in total. The van der Waals surface area contributed by atoms with E-state index in [1.54, 1.807) is 7.11 Å². The summed E-state index contributed by atoms with van der Waals surface area (Å²) in [6.07, 6.45) is 3.34. The number of aromatic nitrogens is 3. The van der Waals surface area contributed by atoms with Gasteiger partial charge in [0.25, 0.3) is 0 Å². The molecule has 5 rings (SSSR count). The maximum atomic E-state index is 13.3. The molecule has 4 aromatic rings. The van der Waals surface area contributed by atoms with E-state index in [9.17, 15) is 22.8 Å². The number of ether oxygens (including phenoxy) is 1. The highest BCUT2D eigenvalue weighted by Gasteiger charge is 2.38. The molecule has 240 valence electrons. The summed E-state index contributed by atoms with van der Waals surface area (Å²) in [5.74, 6) is -0.548.